The summed E-state index contributed by atoms with van der Waals surface area (Å²) in [6, 6.07) is 7.94. The molecular weight excluding hydrogens is 342 g/mol. The molecule has 6 heteroatoms. The first-order valence-electron chi connectivity index (χ1n) is 9.81. The lowest BCUT2D eigenvalue weighted by molar-refractivity contribution is -0.143. The van der Waals surface area contributed by atoms with E-state index in [4.69, 9.17) is 4.74 Å². The van der Waals surface area contributed by atoms with Crippen molar-refractivity contribution in [2.45, 2.75) is 45.8 Å². The van der Waals surface area contributed by atoms with E-state index >= 15 is 0 Å². The van der Waals surface area contributed by atoms with E-state index in [1.54, 1.807) is 7.11 Å². The fourth-order valence-corrected chi connectivity index (χ4v) is 4.17. The van der Waals surface area contributed by atoms with Crippen LogP contribution >= 0.6 is 0 Å². The highest BCUT2D eigenvalue weighted by Crippen LogP contribution is 2.30. The quantitative estimate of drug-likeness (QED) is 0.738. The molecular formula is C21H31N3O3. The molecule has 1 aromatic rings. The minimum atomic E-state index is -0.365. The number of carbonyl (C=O) groups is 2. The van der Waals surface area contributed by atoms with Crippen molar-refractivity contribution in [2.75, 3.05) is 33.4 Å². The third kappa shape index (κ3) is 4.26. The van der Waals surface area contributed by atoms with Gasteiger partial charge < -0.3 is 19.4 Å². The van der Waals surface area contributed by atoms with Gasteiger partial charge in [-0.15, -0.1) is 0 Å². The normalized spacial score (nSPS) is 22.8. The summed E-state index contributed by atoms with van der Waals surface area (Å²) in [6.45, 7) is 9.21. The number of benzene rings is 1. The first-order valence-corrected chi connectivity index (χ1v) is 9.81. The van der Waals surface area contributed by atoms with Crippen molar-refractivity contribution in [1.82, 2.24) is 14.7 Å². The van der Waals surface area contributed by atoms with Crippen LogP contribution < -0.4 is 0 Å². The lowest BCUT2D eigenvalue weighted by atomic mass is 9.97. The maximum atomic E-state index is 13.1. The van der Waals surface area contributed by atoms with E-state index < -0.39 is 0 Å². The van der Waals surface area contributed by atoms with Crippen molar-refractivity contribution in [2.24, 2.45) is 5.92 Å². The van der Waals surface area contributed by atoms with Crippen LogP contribution in [0.3, 0.4) is 0 Å². The van der Waals surface area contributed by atoms with E-state index in [9.17, 15) is 9.59 Å². The molecule has 27 heavy (non-hydrogen) atoms. The zero-order chi connectivity index (χ0) is 19.6. The van der Waals surface area contributed by atoms with Gasteiger partial charge in [-0.3, -0.25) is 4.79 Å². The molecule has 2 atom stereocenters. The van der Waals surface area contributed by atoms with Crippen LogP contribution in [0.2, 0.25) is 0 Å². The Bertz CT molecular complexity index is 691. The lowest BCUT2D eigenvalue weighted by Gasteiger charge is -2.42. The molecule has 0 aromatic heterocycles. The van der Waals surface area contributed by atoms with Crippen LogP contribution in [0, 0.1) is 12.8 Å². The van der Waals surface area contributed by atoms with E-state index in [2.05, 4.69) is 39.0 Å². The third-order valence-corrected chi connectivity index (χ3v) is 5.40. The van der Waals surface area contributed by atoms with Crippen LogP contribution in [0.5, 0.6) is 0 Å². The highest BCUT2D eigenvalue weighted by molar-refractivity contribution is 5.90. The highest BCUT2D eigenvalue weighted by Gasteiger charge is 2.49. The Morgan fingerprint density at radius 3 is 2.59 bits per heavy atom. The van der Waals surface area contributed by atoms with E-state index in [1.165, 1.54) is 5.56 Å². The zero-order valence-electron chi connectivity index (χ0n) is 16.9. The van der Waals surface area contributed by atoms with Gasteiger partial charge in [-0.2, -0.15) is 0 Å². The Balaban J connectivity index is 1.79. The van der Waals surface area contributed by atoms with Gasteiger partial charge in [0, 0.05) is 33.3 Å². The summed E-state index contributed by atoms with van der Waals surface area (Å²) in [5.74, 6) is 0.406. The van der Waals surface area contributed by atoms with Crippen LogP contribution in [-0.4, -0.2) is 72.1 Å². The Morgan fingerprint density at radius 2 is 1.93 bits per heavy atom. The fourth-order valence-electron chi connectivity index (χ4n) is 4.17. The molecule has 0 unspecified atom stereocenters. The fraction of sp³-hybridized carbons (Fsp3) is 0.619. The second-order valence-electron chi connectivity index (χ2n) is 8.14. The van der Waals surface area contributed by atoms with Gasteiger partial charge >= 0.3 is 6.03 Å². The summed E-state index contributed by atoms with van der Waals surface area (Å²) in [7, 11) is 1.65. The maximum Gasteiger partial charge on any atom is 0.321 e. The summed E-state index contributed by atoms with van der Waals surface area (Å²) >= 11 is 0. The van der Waals surface area contributed by atoms with Crippen molar-refractivity contribution >= 4 is 11.9 Å². The third-order valence-electron chi connectivity index (χ3n) is 5.40. The second kappa shape index (κ2) is 8.30. The Hall–Kier alpha value is -2.08. The smallest absolute Gasteiger partial charge is 0.321 e. The van der Waals surface area contributed by atoms with Gasteiger partial charge in [-0.1, -0.05) is 43.7 Å². The van der Waals surface area contributed by atoms with E-state index in [0.717, 1.165) is 5.56 Å². The predicted molar refractivity (Wildman–Crippen MR) is 104 cm³/mol. The zero-order valence-corrected chi connectivity index (χ0v) is 16.9. The number of piperazine rings is 1. The van der Waals surface area contributed by atoms with Gasteiger partial charge in [-0.25, -0.2) is 4.79 Å². The summed E-state index contributed by atoms with van der Waals surface area (Å²) in [5, 5.41) is 0. The van der Waals surface area contributed by atoms with Crippen molar-refractivity contribution in [1.29, 1.82) is 0 Å². The molecule has 2 heterocycles. The molecule has 2 aliphatic heterocycles. The molecule has 0 N–H and O–H groups in total. The molecule has 3 amide bonds. The monoisotopic (exact) mass is 373 g/mol. The standard InChI is InChI=1S/C21H31N3O3/c1-15(2)10-19-20(25)22(8-9-27-4)13-18-14-23(21(26)24(18)19)12-17-7-5-6-16(3)11-17/h5-7,11,15,18-19H,8-10,12-14H2,1-4H3/t18-,19+/m1/s1. The number of carbonyl (C=O) groups excluding carboxylic acids is 2. The molecule has 0 bridgehead atoms. The van der Waals surface area contributed by atoms with Crippen LogP contribution in [0.15, 0.2) is 24.3 Å². The Morgan fingerprint density at radius 1 is 1.19 bits per heavy atom. The molecule has 2 saturated heterocycles. The number of fused-ring (bicyclic) bond motifs is 1. The van der Waals surface area contributed by atoms with Gasteiger partial charge in [0.15, 0.2) is 0 Å². The first-order chi connectivity index (χ1) is 12.9. The molecule has 148 valence electrons. The average molecular weight is 373 g/mol. The van der Waals surface area contributed by atoms with Crippen molar-refractivity contribution in [3.05, 3.63) is 35.4 Å². The van der Waals surface area contributed by atoms with Crippen LogP contribution in [0.4, 0.5) is 4.79 Å². The van der Waals surface area contributed by atoms with Crippen molar-refractivity contribution in [3.8, 4) is 0 Å². The molecule has 2 aliphatic rings. The van der Waals surface area contributed by atoms with Crippen LogP contribution in [0.25, 0.3) is 0 Å². The summed E-state index contributed by atoms with van der Waals surface area (Å²) in [5.41, 5.74) is 2.32. The molecule has 3 rings (SSSR count). The number of hydrogen-bond acceptors (Lipinski definition) is 3. The van der Waals surface area contributed by atoms with Crippen LogP contribution in [0.1, 0.15) is 31.4 Å². The molecule has 0 radical (unpaired) electrons. The largest absolute Gasteiger partial charge is 0.383 e. The predicted octanol–water partition coefficient (Wildman–Crippen LogP) is 2.50. The van der Waals surface area contributed by atoms with Gasteiger partial charge in [0.25, 0.3) is 0 Å². The topological polar surface area (TPSA) is 53.1 Å². The first kappa shape index (κ1) is 19.7. The number of nitrogens with zero attached hydrogens (tertiary/aromatic N) is 3. The summed E-state index contributed by atoms with van der Waals surface area (Å²) in [4.78, 5) is 31.8. The van der Waals surface area contributed by atoms with Crippen molar-refractivity contribution < 1.29 is 14.3 Å². The summed E-state index contributed by atoms with van der Waals surface area (Å²) < 4.78 is 5.17. The summed E-state index contributed by atoms with van der Waals surface area (Å²) in [6.07, 6.45) is 0.697. The molecule has 6 nitrogen and oxygen atoms in total. The Kier molecular flexibility index (Phi) is 6.05. The van der Waals surface area contributed by atoms with E-state index in [-0.39, 0.29) is 24.0 Å². The van der Waals surface area contributed by atoms with E-state index in [1.807, 2.05) is 20.8 Å². The molecule has 0 spiro atoms. The number of ether oxygens (including phenoxy) is 1. The molecule has 2 fully saturated rings. The molecule has 0 aliphatic carbocycles. The number of hydrogen-bond donors (Lipinski definition) is 0. The number of aryl methyl sites for hydroxylation is 1. The number of rotatable bonds is 7. The van der Waals surface area contributed by atoms with Gasteiger partial charge in [0.05, 0.1) is 12.6 Å². The second-order valence-corrected chi connectivity index (χ2v) is 8.14. The van der Waals surface area contributed by atoms with Gasteiger partial charge in [0.1, 0.15) is 6.04 Å². The number of amides is 3. The SMILES string of the molecule is COCCN1C[C@@H]2CN(Cc3cccc(C)c3)C(=O)N2[C@@H](CC(C)C)C1=O. The number of methoxy groups -OCH3 is 1. The average Bonchev–Trinajstić information content (AvgIpc) is 2.91. The van der Waals surface area contributed by atoms with Gasteiger partial charge in [0.2, 0.25) is 5.91 Å². The van der Waals surface area contributed by atoms with Crippen LogP contribution in [-0.2, 0) is 16.1 Å². The Labute approximate surface area is 162 Å². The molecule has 1 aromatic carbocycles. The minimum absolute atomic E-state index is 0.00750. The van der Waals surface area contributed by atoms with E-state index in [0.29, 0.717) is 45.1 Å². The van der Waals surface area contributed by atoms with Gasteiger partial charge in [-0.05, 0) is 24.8 Å². The minimum Gasteiger partial charge on any atom is -0.383 e. The van der Waals surface area contributed by atoms with Crippen molar-refractivity contribution in [3.63, 3.8) is 0 Å². The highest BCUT2D eigenvalue weighted by atomic mass is 16.5. The number of urea groups is 1. The maximum absolute atomic E-state index is 13.1. The lowest BCUT2D eigenvalue weighted by Crippen LogP contribution is -2.61. The molecule has 0 saturated carbocycles.